The maximum Gasteiger partial charge on any atom is 0.161 e. The van der Waals surface area contributed by atoms with Gasteiger partial charge in [0.05, 0.1) is 19.3 Å². The average Bonchev–Trinajstić information content (AvgIpc) is 2.93. The third-order valence-corrected chi connectivity index (χ3v) is 4.26. The van der Waals surface area contributed by atoms with E-state index in [0.717, 1.165) is 11.4 Å². The highest BCUT2D eigenvalue weighted by Crippen LogP contribution is 2.32. The summed E-state index contributed by atoms with van der Waals surface area (Å²) in [5, 5.41) is 7.84. The second-order valence-electron chi connectivity index (χ2n) is 5.13. The van der Waals surface area contributed by atoms with E-state index in [1.807, 2.05) is 11.7 Å². The van der Waals surface area contributed by atoms with Crippen molar-refractivity contribution in [2.24, 2.45) is 0 Å². The molecule has 0 saturated heterocycles. The summed E-state index contributed by atoms with van der Waals surface area (Å²) in [6.45, 7) is 4.25. The number of methoxy groups -OCH3 is 1. The Morgan fingerprint density at radius 1 is 1.24 bits per heavy atom. The summed E-state index contributed by atoms with van der Waals surface area (Å²) in [4.78, 5) is 1.26. The fourth-order valence-electron chi connectivity index (χ4n) is 2.46. The SMILES string of the molecule is CNC(c1ccc(SC)cc1)c1c(OC)cnn1C(C)C. The summed E-state index contributed by atoms with van der Waals surface area (Å²) in [5.74, 6) is 0.817. The molecule has 1 unspecified atom stereocenters. The van der Waals surface area contributed by atoms with Crippen LogP contribution in [-0.2, 0) is 0 Å². The summed E-state index contributed by atoms with van der Waals surface area (Å²) in [5.41, 5.74) is 2.27. The average molecular weight is 305 g/mol. The Labute approximate surface area is 130 Å². The van der Waals surface area contributed by atoms with Gasteiger partial charge in [0.25, 0.3) is 0 Å². The number of thioether (sulfide) groups is 1. The molecule has 1 aromatic carbocycles. The van der Waals surface area contributed by atoms with Crippen molar-refractivity contribution in [2.75, 3.05) is 20.4 Å². The summed E-state index contributed by atoms with van der Waals surface area (Å²) in [6, 6.07) is 8.94. The zero-order valence-electron chi connectivity index (χ0n) is 13.3. The molecule has 4 nitrogen and oxygen atoms in total. The minimum absolute atomic E-state index is 0.0563. The molecule has 0 bridgehead atoms. The van der Waals surface area contributed by atoms with E-state index < -0.39 is 0 Å². The van der Waals surface area contributed by atoms with Crippen LogP contribution >= 0.6 is 11.8 Å². The molecule has 5 heteroatoms. The van der Waals surface area contributed by atoms with E-state index in [1.165, 1.54) is 10.5 Å². The van der Waals surface area contributed by atoms with Gasteiger partial charge < -0.3 is 10.1 Å². The number of rotatable bonds is 6. The second kappa shape index (κ2) is 7.00. The van der Waals surface area contributed by atoms with Crippen molar-refractivity contribution in [3.63, 3.8) is 0 Å². The van der Waals surface area contributed by atoms with Gasteiger partial charge in [-0.05, 0) is 44.8 Å². The highest BCUT2D eigenvalue weighted by Gasteiger charge is 2.23. The molecular formula is C16H23N3OS. The normalized spacial score (nSPS) is 12.7. The molecule has 1 heterocycles. The third-order valence-electron chi connectivity index (χ3n) is 3.52. The minimum atomic E-state index is 0.0563. The molecule has 1 atom stereocenters. The van der Waals surface area contributed by atoms with Crippen LogP contribution < -0.4 is 10.1 Å². The molecule has 1 N–H and O–H groups in total. The number of hydrogen-bond donors (Lipinski definition) is 1. The van der Waals surface area contributed by atoms with Gasteiger partial charge in [-0.3, -0.25) is 4.68 Å². The fourth-order valence-corrected chi connectivity index (χ4v) is 2.87. The first-order valence-corrected chi connectivity index (χ1v) is 8.27. The molecule has 0 saturated carbocycles. The number of nitrogens with zero attached hydrogens (tertiary/aromatic N) is 2. The van der Waals surface area contributed by atoms with Crippen LogP contribution in [-0.4, -0.2) is 30.2 Å². The van der Waals surface area contributed by atoms with E-state index in [0.29, 0.717) is 0 Å². The van der Waals surface area contributed by atoms with Crippen LogP contribution in [0.5, 0.6) is 5.75 Å². The third kappa shape index (κ3) is 3.24. The fraction of sp³-hybridized carbons (Fsp3) is 0.438. The van der Waals surface area contributed by atoms with Gasteiger partial charge in [0.1, 0.15) is 5.69 Å². The van der Waals surface area contributed by atoms with Crippen LogP contribution in [0, 0.1) is 0 Å². The lowest BCUT2D eigenvalue weighted by molar-refractivity contribution is 0.396. The molecule has 0 aliphatic rings. The van der Waals surface area contributed by atoms with Crippen molar-refractivity contribution in [1.82, 2.24) is 15.1 Å². The summed E-state index contributed by atoms with van der Waals surface area (Å²) < 4.78 is 7.51. The van der Waals surface area contributed by atoms with E-state index in [1.54, 1.807) is 25.1 Å². The smallest absolute Gasteiger partial charge is 0.161 e. The molecule has 0 spiro atoms. The Kier molecular flexibility index (Phi) is 5.31. The van der Waals surface area contributed by atoms with Crippen LogP contribution in [0.25, 0.3) is 0 Å². The lowest BCUT2D eigenvalue weighted by Gasteiger charge is -2.21. The van der Waals surface area contributed by atoms with Crippen LogP contribution in [0.2, 0.25) is 0 Å². The van der Waals surface area contributed by atoms with Gasteiger partial charge in [0.15, 0.2) is 5.75 Å². The molecule has 1 aromatic heterocycles. The predicted octanol–water partition coefficient (Wildman–Crippen LogP) is 3.50. The Morgan fingerprint density at radius 3 is 2.38 bits per heavy atom. The van der Waals surface area contributed by atoms with Gasteiger partial charge in [-0.15, -0.1) is 11.8 Å². The van der Waals surface area contributed by atoms with Gasteiger partial charge >= 0.3 is 0 Å². The molecule has 0 amide bonds. The molecule has 0 aliphatic heterocycles. The number of nitrogens with one attached hydrogen (secondary N) is 1. The van der Waals surface area contributed by atoms with Gasteiger partial charge in [0, 0.05) is 10.9 Å². The number of hydrogen-bond acceptors (Lipinski definition) is 4. The monoisotopic (exact) mass is 305 g/mol. The highest BCUT2D eigenvalue weighted by atomic mass is 32.2. The van der Waals surface area contributed by atoms with E-state index in [9.17, 15) is 0 Å². The minimum Gasteiger partial charge on any atom is -0.493 e. The number of aromatic nitrogens is 2. The van der Waals surface area contributed by atoms with Gasteiger partial charge in [-0.1, -0.05) is 12.1 Å². The zero-order chi connectivity index (χ0) is 15.4. The van der Waals surface area contributed by atoms with Crippen molar-refractivity contribution < 1.29 is 4.74 Å². The van der Waals surface area contributed by atoms with Gasteiger partial charge in [0.2, 0.25) is 0 Å². The van der Waals surface area contributed by atoms with Crippen molar-refractivity contribution in [3.8, 4) is 5.75 Å². The van der Waals surface area contributed by atoms with Gasteiger partial charge in [-0.2, -0.15) is 5.10 Å². The first-order chi connectivity index (χ1) is 10.1. The summed E-state index contributed by atoms with van der Waals surface area (Å²) in [6.07, 6.45) is 3.87. The topological polar surface area (TPSA) is 39.1 Å². The van der Waals surface area contributed by atoms with Crippen LogP contribution in [0.1, 0.15) is 37.2 Å². The maximum atomic E-state index is 5.50. The Hall–Kier alpha value is -1.46. The number of benzene rings is 1. The molecule has 2 rings (SSSR count). The molecule has 0 aliphatic carbocycles. The lowest BCUT2D eigenvalue weighted by atomic mass is 10.0. The molecule has 2 aromatic rings. The Bertz CT molecular complexity index is 578. The van der Waals surface area contributed by atoms with E-state index in [-0.39, 0.29) is 12.1 Å². The first-order valence-electron chi connectivity index (χ1n) is 7.05. The zero-order valence-corrected chi connectivity index (χ0v) is 14.1. The second-order valence-corrected chi connectivity index (χ2v) is 6.01. The predicted molar refractivity (Wildman–Crippen MR) is 88.3 cm³/mol. The quantitative estimate of drug-likeness (QED) is 0.829. The number of ether oxygens (including phenoxy) is 1. The maximum absolute atomic E-state index is 5.50. The highest BCUT2D eigenvalue weighted by molar-refractivity contribution is 7.98. The lowest BCUT2D eigenvalue weighted by Crippen LogP contribution is -2.23. The molecule has 0 fully saturated rings. The molecule has 21 heavy (non-hydrogen) atoms. The molecular weight excluding hydrogens is 282 g/mol. The van der Waals surface area contributed by atoms with Gasteiger partial charge in [-0.25, -0.2) is 0 Å². The van der Waals surface area contributed by atoms with E-state index >= 15 is 0 Å². The van der Waals surface area contributed by atoms with Crippen molar-refractivity contribution in [1.29, 1.82) is 0 Å². The largest absolute Gasteiger partial charge is 0.493 e. The van der Waals surface area contributed by atoms with Crippen molar-refractivity contribution in [2.45, 2.75) is 30.8 Å². The van der Waals surface area contributed by atoms with Crippen LogP contribution in [0.3, 0.4) is 0 Å². The van der Waals surface area contributed by atoms with Crippen molar-refractivity contribution >= 4 is 11.8 Å². The first kappa shape index (κ1) is 15.9. The molecule has 114 valence electrons. The van der Waals surface area contributed by atoms with E-state index in [4.69, 9.17) is 4.74 Å². The van der Waals surface area contributed by atoms with Crippen molar-refractivity contribution in [3.05, 3.63) is 41.7 Å². The van der Waals surface area contributed by atoms with Crippen LogP contribution in [0.15, 0.2) is 35.4 Å². The standard InChI is InChI=1S/C16H23N3OS/c1-11(2)19-16(14(20-4)10-18-19)15(17-3)12-6-8-13(21-5)9-7-12/h6-11,15,17H,1-5H3. The summed E-state index contributed by atoms with van der Waals surface area (Å²) >= 11 is 1.75. The summed E-state index contributed by atoms with van der Waals surface area (Å²) in [7, 11) is 3.65. The molecule has 0 radical (unpaired) electrons. The van der Waals surface area contributed by atoms with Crippen LogP contribution in [0.4, 0.5) is 0 Å². The Balaban J connectivity index is 2.47. The Morgan fingerprint density at radius 2 is 1.90 bits per heavy atom. The van der Waals surface area contributed by atoms with E-state index in [2.05, 4.69) is 54.8 Å².